The number of hydrogen-bond donors (Lipinski definition) is 2. The van der Waals surface area contributed by atoms with Gasteiger partial charge in [0, 0.05) is 35.6 Å². The molecule has 2 aromatic rings. The van der Waals surface area contributed by atoms with Crippen molar-refractivity contribution in [3.05, 3.63) is 58.9 Å². The Balaban J connectivity index is 2.09. The summed E-state index contributed by atoms with van der Waals surface area (Å²) in [6.45, 7) is 8.49. The third kappa shape index (κ3) is 5.06. The molecule has 24 heavy (non-hydrogen) atoms. The lowest BCUT2D eigenvalue weighted by molar-refractivity contribution is 0.0946. The van der Waals surface area contributed by atoms with Crippen LogP contribution in [-0.2, 0) is 6.61 Å². The minimum Gasteiger partial charge on any atom is -0.488 e. The van der Waals surface area contributed by atoms with E-state index in [0.29, 0.717) is 18.7 Å². The molecule has 0 atom stereocenters. The molecular formula is C19H25N3O2. The molecule has 0 unspecified atom stereocenters. The molecule has 0 radical (unpaired) electrons. The predicted octanol–water partition coefficient (Wildman–Crippen LogP) is 2.74. The van der Waals surface area contributed by atoms with E-state index >= 15 is 0 Å². The first-order valence-electron chi connectivity index (χ1n) is 7.96. The van der Waals surface area contributed by atoms with Gasteiger partial charge < -0.3 is 15.8 Å². The zero-order valence-corrected chi connectivity index (χ0v) is 14.7. The summed E-state index contributed by atoms with van der Waals surface area (Å²) in [5, 5.41) is 2.86. The fourth-order valence-corrected chi connectivity index (χ4v) is 2.36. The van der Waals surface area contributed by atoms with Gasteiger partial charge in [0.05, 0.1) is 0 Å². The number of nitrogens with zero attached hydrogens (tertiary/aromatic N) is 1. The second-order valence-corrected chi connectivity index (χ2v) is 6.76. The van der Waals surface area contributed by atoms with Crippen molar-refractivity contribution in [1.82, 2.24) is 10.3 Å². The maximum atomic E-state index is 12.3. The first-order valence-corrected chi connectivity index (χ1v) is 7.96. The second-order valence-electron chi connectivity index (χ2n) is 6.76. The summed E-state index contributed by atoms with van der Waals surface area (Å²) in [5.41, 5.74) is 8.93. The summed E-state index contributed by atoms with van der Waals surface area (Å²) in [6, 6.07) is 7.52. The minimum absolute atomic E-state index is 0.126. The van der Waals surface area contributed by atoms with Crippen LogP contribution in [0.2, 0.25) is 0 Å². The molecule has 2 rings (SSSR count). The van der Waals surface area contributed by atoms with E-state index in [-0.39, 0.29) is 5.91 Å². The number of aromatic nitrogens is 1. The van der Waals surface area contributed by atoms with Crippen LogP contribution in [0.5, 0.6) is 5.75 Å². The van der Waals surface area contributed by atoms with Gasteiger partial charge in [-0.1, -0.05) is 6.07 Å². The van der Waals surface area contributed by atoms with E-state index in [2.05, 4.69) is 10.3 Å². The summed E-state index contributed by atoms with van der Waals surface area (Å²) in [4.78, 5) is 16.3. The van der Waals surface area contributed by atoms with Crippen molar-refractivity contribution < 1.29 is 9.53 Å². The van der Waals surface area contributed by atoms with Gasteiger partial charge in [0.25, 0.3) is 5.91 Å². The van der Waals surface area contributed by atoms with E-state index in [4.69, 9.17) is 10.5 Å². The molecule has 1 heterocycles. The minimum atomic E-state index is -0.438. The van der Waals surface area contributed by atoms with Crippen molar-refractivity contribution >= 4 is 5.91 Å². The Hall–Kier alpha value is -2.40. The average molecular weight is 327 g/mol. The highest BCUT2D eigenvalue weighted by molar-refractivity contribution is 5.95. The van der Waals surface area contributed by atoms with Gasteiger partial charge in [0.1, 0.15) is 12.4 Å². The van der Waals surface area contributed by atoms with Gasteiger partial charge in [0.2, 0.25) is 0 Å². The van der Waals surface area contributed by atoms with Crippen LogP contribution >= 0.6 is 0 Å². The van der Waals surface area contributed by atoms with Crippen molar-refractivity contribution in [3.8, 4) is 5.75 Å². The monoisotopic (exact) mass is 327 g/mol. The molecule has 0 bridgehead atoms. The van der Waals surface area contributed by atoms with Gasteiger partial charge in [-0.3, -0.25) is 9.78 Å². The maximum absolute atomic E-state index is 12.3. The number of carbonyl (C=O) groups excluding carboxylic acids is 1. The van der Waals surface area contributed by atoms with Crippen LogP contribution in [0.3, 0.4) is 0 Å². The fraction of sp³-hybridized carbons (Fsp3) is 0.368. The first kappa shape index (κ1) is 17.9. The zero-order valence-electron chi connectivity index (χ0n) is 14.7. The molecule has 0 saturated heterocycles. The third-order valence-corrected chi connectivity index (χ3v) is 3.53. The van der Waals surface area contributed by atoms with Crippen molar-refractivity contribution in [2.45, 2.75) is 39.8 Å². The summed E-state index contributed by atoms with van der Waals surface area (Å²) in [6.07, 6.45) is 3.51. The summed E-state index contributed by atoms with van der Waals surface area (Å²) < 4.78 is 5.91. The van der Waals surface area contributed by atoms with E-state index in [9.17, 15) is 4.79 Å². The third-order valence-electron chi connectivity index (χ3n) is 3.53. The molecule has 3 N–H and O–H groups in total. The molecule has 5 nitrogen and oxygen atoms in total. The molecule has 0 spiro atoms. The maximum Gasteiger partial charge on any atom is 0.251 e. The number of rotatable bonds is 6. The van der Waals surface area contributed by atoms with Gasteiger partial charge in [-0.25, -0.2) is 0 Å². The van der Waals surface area contributed by atoms with E-state index in [1.165, 1.54) is 0 Å². The standard InChI is InChI=1S/C19H25N3O2/c1-13-8-16(18(23)22-12-19(3,4)20)9-14(2)17(13)24-11-15-6-5-7-21-10-15/h5-10H,11-12,20H2,1-4H3,(H,22,23). The Morgan fingerprint density at radius 1 is 1.29 bits per heavy atom. The zero-order chi connectivity index (χ0) is 17.7. The molecule has 0 aliphatic heterocycles. The molecule has 1 aromatic carbocycles. The van der Waals surface area contributed by atoms with Gasteiger partial charge in [-0.2, -0.15) is 0 Å². The Labute approximate surface area is 143 Å². The van der Waals surface area contributed by atoms with E-state index in [0.717, 1.165) is 22.4 Å². The first-order chi connectivity index (χ1) is 11.3. The Morgan fingerprint density at radius 3 is 2.50 bits per heavy atom. The molecule has 5 heteroatoms. The van der Waals surface area contributed by atoms with Crippen molar-refractivity contribution in [2.24, 2.45) is 5.73 Å². The van der Waals surface area contributed by atoms with Crippen LogP contribution in [0.25, 0.3) is 0 Å². The van der Waals surface area contributed by atoms with Crippen LogP contribution in [0.1, 0.15) is 40.9 Å². The largest absolute Gasteiger partial charge is 0.488 e. The van der Waals surface area contributed by atoms with Gasteiger partial charge in [0.15, 0.2) is 0 Å². The number of amides is 1. The van der Waals surface area contributed by atoms with Crippen molar-refractivity contribution in [2.75, 3.05) is 6.54 Å². The van der Waals surface area contributed by atoms with E-state index in [1.807, 2.05) is 52.0 Å². The summed E-state index contributed by atoms with van der Waals surface area (Å²) in [7, 11) is 0. The molecule has 0 aliphatic rings. The quantitative estimate of drug-likeness (QED) is 0.855. The Morgan fingerprint density at radius 2 is 1.96 bits per heavy atom. The molecule has 0 fully saturated rings. The topological polar surface area (TPSA) is 77.2 Å². The molecule has 0 aliphatic carbocycles. The van der Waals surface area contributed by atoms with Crippen LogP contribution in [0, 0.1) is 13.8 Å². The number of hydrogen-bond acceptors (Lipinski definition) is 4. The number of benzene rings is 1. The number of aryl methyl sites for hydroxylation is 2. The fourth-order valence-electron chi connectivity index (χ4n) is 2.36. The summed E-state index contributed by atoms with van der Waals surface area (Å²) in [5.74, 6) is 0.674. The number of pyridine rings is 1. The lowest BCUT2D eigenvalue weighted by Crippen LogP contribution is -2.45. The Bertz CT molecular complexity index is 683. The highest BCUT2D eigenvalue weighted by Crippen LogP contribution is 2.25. The van der Waals surface area contributed by atoms with Gasteiger partial charge in [-0.05, 0) is 57.0 Å². The molecule has 128 valence electrons. The lowest BCUT2D eigenvalue weighted by atomic mass is 10.0. The smallest absolute Gasteiger partial charge is 0.251 e. The van der Waals surface area contributed by atoms with E-state index < -0.39 is 5.54 Å². The highest BCUT2D eigenvalue weighted by atomic mass is 16.5. The van der Waals surface area contributed by atoms with Crippen LogP contribution in [-0.4, -0.2) is 23.0 Å². The van der Waals surface area contributed by atoms with Crippen LogP contribution in [0.4, 0.5) is 0 Å². The highest BCUT2D eigenvalue weighted by Gasteiger charge is 2.15. The van der Waals surface area contributed by atoms with E-state index in [1.54, 1.807) is 12.4 Å². The number of ether oxygens (including phenoxy) is 1. The SMILES string of the molecule is Cc1cc(C(=O)NCC(C)(C)N)cc(C)c1OCc1cccnc1. The van der Waals surface area contributed by atoms with Crippen LogP contribution in [0.15, 0.2) is 36.7 Å². The second kappa shape index (κ2) is 7.45. The molecule has 1 aromatic heterocycles. The van der Waals surface area contributed by atoms with Crippen molar-refractivity contribution in [3.63, 3.8) is 0 Å². The molecule has 1 amide bonds. The number of nitrogens with two attached hydrogens (primary N) is 1. The Kier molecular flexibility index (Phi) is 5.57. The average Bonchev–Trinajstić information content (AvgIpc) is 2.52. The predicted molar refractivity (Wildman–Crippen MR) is 95.1 cm³/mol. The van der Waals surface area contributed by atoms with Gasteiger partial charge >= 0.3 is 0 Å². The number of nitrogens with one attached hydrogen (secondary N) is 1. The molecular weight excluding hydrogens is 302 g/mol. The normalized spacial score (nSPS) is 11.2. The number of carbonyl (C=O) groups is 1. The van der Waals surface area contributed by atoms with Crippen LogP contribution < -0.4 is 15.8 Å². The molecule has 0 saturated carbocycles. The van der Waals surface area contributed by atoms with Crippen molar-refractivity contribution in [1.29, 1.82) is 0 Å². The summed E-state index contributed by atoms with van der Waals surface area (Å²) >= 11 is 0. The van der Waals surface area contributed by atoms with Gasteiger partial charge in [-0.15, -0.1) is 0 Å². The lowest BCUT2D eigenvalue weighted by Gasteiger charge is -2.19.